The van der Waals surface area contributed by atoms with Crippen LogP contribution in [-0.2, 0) is 0 Å². The molecule has 0 aliphatic carbocycles. The second kappa shape index (κ2) is 8.53. The predicted molar refractivity (Wildman–Crippen MR) is 96.3 cm³/mol. The summed E-state index contributed by atoms with van der Waals surface area (Å²) in [6, 6.07) is 6.79. The van der Waals surface area contributed by atoms with E-state index < -0.39 is 6.10 Å². The summed E-state index contributed by atoms with van der Waals surface area (Å²) in [5.74, 6) is 2.63. The largest absolute Gasteiger partial charge is 0.493 e. The Morgan fingerprint density at radius 3 is 1.54 bits per heavy atom. The maximum Gasteiger partial charge on any atom is 0.203 e. The van der Waals surface area contributed by atoms with Crippen molar-refractivity contribution in [2.24, 2.45) is 0 Å². The Hall–Kier alpha value is -2.80. The van der Waals surface area contributed by atoms with E-state index >= 15 is 0 Å². The average Bonchev–Trinajstić information content (AvgIpc) is 2.70. The first-order chi connectivity index (χ1) is 12.6. The molecule has 0 bridgehead atoms. The number of rotatable bonds is 8. The molecular formula is C19H24O7. The quantitative estimate of drug-likeness (QED) is 0.772. The maximum absolute atomic E-state index is 11.0. The standard InChI is InChI=1S/C19H24O7/c1-21-13-8-7-12(17(24-4)19(13)26-6)16(20)11-9-14(22-2)18(25-5)15(10-11)23-3/h7-10,16,20H,1-6H3/t16-/m1/s1. The van der Waals surface area contributed by atoms with Crippen molar-refractivity contribution in [3.63, 3.8) is 0 Å². The minimum Gasteiger partial charge on any atom is -0.493 e. The second-order valence-electron chi connectivity index (χ2n) is 5.28. The van der Waals surface area contributed by atoms with Crippen molar-refractivity contribution in [2.45, 2.75) is 6.10 Å². The van der Waals surface area contributed by atoms with Crippen molar-refractivity contribution < 1.29 is 33.5 Å². The van der Waals surface area contributed by atoms with Gasteiger partial charge in [0.05, 0.1) is 42.7 Å². The van der Waals surface area contributed by atoms with Gasteiger partial charge in [0.25, 0.3) is 0 Å². The Morgan fingerprint density at radius 2 is 1.12 bits per heavy atom. The molecule has 2 aromatic carbocycles. The molecule has 2 aromatic rings. The number of ether oxygens (including phenoxy) is 6. The lowest BCUT2D eigenvalue weighted by atomic mass is 9.99. The van der Waals surface area contributed by atoms with Crippen molar-refractivity contribution >= 4 is 0 Å². The van der Waals surface area contributed by atoms with Crippen LogP contribution >= 0.6 is 0 Å². The fraction of sp³-hybridized carbons (Fsp3) is 0.368. The zero-order valence-corrected chi connectivity index (χ0v) is 15.8. The van der Waals surface area contributed by atoms with Crippen LogP contribution in [0.25, 0.3) is 0 Å². The molecule has 0 aliphatic heterocycles. The van der Waals surface area contributed by atoms with Gasteiger partial charge in [0.2, 0.25) is 11.5 Å². The van der Waals surface area contributed by atoms with Crippen LogP contribution in [-0.4, -0.2) is 47.8 Å². The Kier molecular flexibility index (Phi) is 6.41. The van der Waals surface area contributed by atoms with Crippen LogP contribution in [0.1, 0.15) is 17.2 Å². The first-order valence-corrected chi connectivity index (χ1v) is 7.83. The van der Waals surface area contributed by atoms with Gasteiger partial charge in [-0.15, -0.1) is 0 Å². The van der Waals surface area contributed by atoms with E-state index in [4.69, 9.17) is 28.4 Å². The second-order valence-corrected chi connectivity index (χ2v) is 5.28. The monoisotopic (exact) mass is 364 g/mol. The van der Waals surface area contributed by atoms with Crippen LogP contribution in [0, 0.1) is 0 Å². The van der Waals surface area contributed by atoms with E-state index in [9.17, 15) is 5.11 Å². The predicted octanol–water partition coefficient (Wildman–Crippen LogP) is 2.82. The van der Waals surface area contributed by atoms with Gasteiger partial charge in [-0.2, -0.15) is 0 Å². The molecular weight excluding hydrogens is 340 g/mol. The molecule has 0 amide bonds. The molecule has 7 nitrogen and oxygen atoms in total. The summed E-state index contributed by atoms with van der Waals surface area (Å²) in [5, 5.41) is 11.0. The lowest BCUT2D eigenvalue weighted by molar-refractivity contribution is 0.210. The van der Waals surface area contributed by atoms with E-state index in [2.05, 4.69) is 0 Å². The highest BCUT2D eigenvalue weighted by Crippen LogP contribution is 2.46. The molecule has 7 heteroatoms. The Morgan fingerprint density at radius 1 is 0.615 bits per heavy atom. The van der Waals surface area contributed by atoms with Crippen LogP contribution in [0.15, 0.2) is 24.3 Å². The first-order valence-electron chi connectivity index (χ1n) is 7.83. The molecule has 1 N–H and O–H groups in total. The maximum atomic E-state index is 11.0. The van der Waals surface area contributed by atoms with Gasteiger partial charge >= 0.3 is 0 Å². The molecule has 0 aliphatic rings. The zero-order valence-electron chi connectivity index (χ0n) is 15.8. The molecule has 0 unspecified atom stereocenters. The van der Waals surface area contributed by atoms with Gasteiger partial charge in [0.15, 0.2) is 23.0 Å². The first kappa shape index (κ1) is 19.5. The summed E-state index contributed by atoms with van der Waals surface area (Å²) in [4.78, 5) is 0. The van der Waals surface area contributed by atoms with Crippen molar-refractivity contribution in [3.05, 3.63) is 35.4 Å². The summed E-state index contributed by atoms with van der Waals surface area (Å²) in [6.07, 6.45) is -1.02. The molecule has 0 saturated carbocycles. The third-order valence-electron chi connectivity index (χ3n) is 4.03. The molecule has 0 spiro atoms. The molecule has 0 aromatic heterocycles. The fourth-order valence-electron chi connectivity index (χ4n) is 2.78. The van der Waals surface area contributed by atoms with Gasteiger partial charge in [-0.05, 0) is 29.8 Å². The number of hydrogen-bond donors (Lipinski definition) is 1. The third-order valence-corrected chi connectivity index (χ3v) is 4.03. The SMILES string of the molecule is COc1cc([C@@H](O)c2ccc(OC)c(OC)c2OC)cc(OC)c1OC. The van der Waals surface area contributed by atoms with Gasteiger partial charge in [0.1, 0.15) is 6.10 Å². The summed E-state index contributed by atoms with van der Waals surface area (Å²) >= 11 is 0. The molecule has 0 heterocycles. The molecule has 142 valence electrons. The summed E-state index contributed by atoms with van der Waals surface area (Å²) in [5.41, 5.74) is 1.06. The van der Waals surface area contributed by atoms with Gasteiger partial charge in [-0.3, -0.25) is 0 Å². The van der Waals surface area contributed by atoms with Crippen LogP contribution in [0.5, 0.6) is 34.5 Å². The molecule has 26 heavy (non-hydrogen) atoms. The van der Waals surface area contributed by atoms with Gasteiger partial charge in [0, 0.05) is 5.56 Å². The summed E-state index contributed by atoms with van der Waals surface area (Å²) < 4.78 is 32.1. The van der Waals surface area contributed by atoms with E-state index in [-0.39, 0.29) is 0 Å². The fourth-order valence-corrected chi connectivity index (χ4v) is 2.78. The van der Waals surface area contributed by atoms with E-state index in [1.807, 2.05) is 0 Å². The lowest BCUT2D eigenvalue weighted by Gasteiger charge is -2.21. The summed E-state index contributed by atoms with van der Waals surface area (Å²) in [7, 11) is 9.11. The highest BCUT2D eigenvalue weighted by molar-refractivity contribution is 5.60. The minimum atomic E-state index is -1.02. The van der Waals surface area contributed by atoms with E-state index in [1.165, 1.54) is 42.7 Å². The number of methoxy groups -OCH3 is 6. The van der Waals surface area contributed by atoms with Gasteiger partial charge < -0.3 is 33.5 Å². The molecule has 0 fully saturated rings. The molecule has 0 radical (unpaired) electrons. The van der Waals surface area contributed by atoms with E-state index in [0.29, 0.717) is 45.6 Å². The zero-order chi connectivity index (χ0) is 19.3. The van der Waals surface area contributed by atoms with Gasteiger partial charge in [-0.25, -0.2) is 0 Å². The molecule has 1 atom stereocenters. The topological polar surface area (TPSA) is 75.6 Å². The van der Waals surface area contributed by atoms with E-state index in [0.717, 1.165) is 0 Å². The lowest BCUT2D eigenvalue weighted by Crippen LogP contribution is -2.06. The van der Waals surface area contributed by atoms with Crippen molar-refractivity contribution in [1.82, 2.24) is 0 Å². The number of hydrogen-bond acceptors (Lipinski definition) is 7. The van der Waals surface area contributed by atoms with Crippen LogP contribution < -0.4 is 28.4 Å². The van der Waals surface area contributed by atoms with Gasteiger partial charge in [-0.1, -0.05) is 0 Å². The Balaban J connectivity index is 2.61. The number of aliphatic hydroxyl groups excluding tert-OH is 1. The summed E-state index contributed by atoms with van der Waals surface area (Å²) in [6.45, 7) is 0. The average molecular weight is 364 g/mol. The molecule has 2 rings (SSSR count). The Bertz CT molecular complexity index is 733. The van der Waals surface area contributed by atoms with Crippen molar-refractivity contribution in [2.75, 3.05) is 42.7 Å². The van der Waals surface area contributed by atoms with E-state index in [1.54, 1.807) is 24.3 Å². The van der Waals surface area contributed by atoms with Crippen LogP contribution in [0.4, 0.5) is 0 Å². The third kappa shape index (κ3) is 3.43. The number of aliphatic hydroxyl groups is 1. The highest BCUT2D eigenvalue weighted by Gasteiger charge is 2.24. The van der Waals surface area contributed by atoms with Crippen LogP contribution in [0.2, 0.25) is 0 Å². The minimum absolute atomic E-state index is 0.383. The smallest absolute Gasteiger partial charge is 0.203 e. The number of benzene rings is 2. The van der Waals surface area contributed by atoms with Crippen LogP contribution in [0.3, 0.4) is 0 Å². The molecule has 0 saturated heterocycles. The Labute approximate surface area is 153 Å². The van der Waals surface area contributed by atoms with Crippen molar-refractivity contribution in [3.8, 4) is 34.5 Å². The highest BCUT2D eigenvalue weighted by atomic mass is 16.5. The normalized spacial score (nSPS) is 11.5. The van der Waals surface area contributed by atoms with Crippen molar-refractivity contribution in [1.29, 1.82) is 0 Å².